The van der Waals surface area contributed by atoms with E-state index in [4.69, 9.17) is 9.47 Å². The molecule has 0 saturated carbocycles. The molecule has 1 saturated heterocycles. The van der Waals surface area contributed by atoms with Crippen LogP contribution >= 0.6 is 11.8 Å². The normalized spacial score (nSPS) is 15.0. The number of hydrogen-bond acceptors (Lipinski definition) is 9. The van der Waals surface area contributed by atoms with Gasteiger partial charge in [-0.05, 0) is 23.9 Å². The SMILES string of the molecule is Cn1cnnc1Sc1ccc(C2OC(=O)CC(=O)O2)cc1[N+](=O)[O-]. The summed E-state index contributed by atoms with van der Waals surface area (Å²) in [5, 5.41) is 19.4. The van der Waals surface area contributed by atoms with Crippen LogP contribution in [0.2, 0.25) is 0 Å². The summed E-state index contributed by atoms with van der Waals surface area (Å²) in [4.78, 5) is 33.7. The van der Waals surface area contributed by atoms with Crippen molar-refractivity contribution in [2.75, 3.05) is 0 Å². The molecule has 124 valence electrons. The van der Waals surface area contributed by atoms with Gasteiger partial charge in [0.1, 0.15) is 12.7 Å². The van der Waals surface area contributed by atoms with Gasteiger partial charge in [0.2, 0.25) is 0 Å². The van der Waals surface area contributed by atoms with Gasteiger partial charge in [-0.15, -0.1) is 10.2 Å². The van der Waals surface area contributed by atoms with Gasteiger partial charge in [0.25, 0.3) is 12.0 Å². The predicted octanol–water partition coefficient (Wildman–Crippen LogP) is 1.36. The summed E-state index contributed by atoms with van der Waals surface area (Å²) in [6, 6.07) is 4.17. The molecule has 24 heavy (non-hydrogen) atoms. The molecule has 10 nitrogen and oxygen atoms in total. The smallest absolute Gasteiger partial charge is 0.320 e. The van der Waals surface area contributed by atoms with E-state index in [0.29, 0.717) is 10.1 Å². The van der Waals surface area contributed by atoms with Gasteiger partial charge in [0, 0.05) is 18.7 Å². The number of cyclic esters (lactones) is 2. The highest BCUT2D eigenvalue weighted by Gasteiger charge is 2.31. The Bertz CT molecular complexity index is 820. The molecule has 0 spiro atoms. The highest BCUT2D eigenvalue weighted by atomic mass is 32.2. The van der Waals surface area contributed by atoms with Crippen molar-refractivity contribution in [3.63, 3.8) is 0 Å². The average Bonchev–Trinajstić information content (AvgIpc) is 2.91. The number of benzene rings is 1. The summed E-state index contributed by atoms with van der Waals surface area (Å²) in [5.74, 6) is -1.48. The molecule has 1 aliphatic heterocycles. The monoisotopic (exact) mass is 350 g/mol. The topological polar surface area (TPSA) is 126 Å². The second-order valence-corrected chi connectivity index (χ2v) is 5.81. The van der Waals surface area contributed by atoms with Crippen LogP contribution in [0.3, 0.4) is 0 Å². The van der Waals surface area contributed by atoms with Crippen molar-refractivity contribution in [1.29, 1.82) is 0 Å². The fourth-order valence-corrected chi connectivity index (χ4v) is 2.82. The number of rotatable bonds is 4. The number of aromatic nitrogens is 3. The Labute approximate surface area is 138 Å². The van der Waals surface area contributed by atoms with Crippen LogP contribution in [0.1, 0.15) is 18.3 Å². The zero-order valence-electron chi connectivity index (χ0n) is 12.2. The first kappa shape index (κ1) is 15.9. The first-order valence-electron chi connectivity index (χ1n) is 6.63. The molecule has 2 aromatic rings. The highest BCUT2D eigenvalue weighted by molar-refractivity contribution is 7.99. The lowest BCUT2D eigenvalue weighted by atomic mass is 10.2. The van der Waals surface area contributed by atoms with Crippen molar-refractivity contribution in [3.8, 4) is 0 Å². The van der Waals surface area contributed by atoms with Crippen molar-refractivity contribution < 1.29 is 24.0 Å². The maximum atomic E-state index is 11.3. The van der Waals surface area contributed by atoms with E-state index >= 15 is 0 Å². The fourth-order valence-electron chi connectivity index (χ4n) is 1.97. The third kappa shape index (κ3) is 3.20. The van der Waals surface area contributed by atoms with Crippen LogP contribution in [0.25, 0.3) is 0 Å². The number of esters is 2. The van der Waals surface area contributed by atoms with Gasteiger partial charge in [0.05, 0.1) is 9.82 Å². The van der Waals surface area contributed by atoms with E-state index in [1.165, 1.54) is 24.5 Å². The lowest BCUT2D eigenvalue weighted by Gasteiger charge is -2.22. The van der Waals surface area contributed by atoms with Crippen molar-refractivity contribution in [3.05, 3.63) is 40.2 Å². The number of nitro groups is 1. The van der Waals surface area contributed by atoms with Gasteiger partial charge >= 0.3 is 11.9 Å². The Kier molecular flexibility index (Phi) is 4.16. The highest BCUT2D eigenvalue weighted by Crippen LogP contribution is 2.36. The minimum atomic E-state index is -1.29. The van der Waals surface area contributed by atoms with Gasteiger partial charge in [-0.1, -0.05) is 0 Å². The van der Waals surface area contributed by atoms with Crippen LogP contribution in [-0.4, -0.2) is 31.6 Å². The number of ether oxygens (including phenoxy) is 2. The molecule has 0 unspecified atom stereocenters. The Morgan fingerprint density at radius 2 is 2.04 bits per heavy atom. The summed E-state index contributed by atoms with van der Waals surface area (Å²) in [6.07, 6.45) is -0.284. The van der Waals surface area contributed by atoms with Gasteiger partial charge in [-0.2, -0.15) is 0 Å². The zero-order valence-corrected chi connectivity index (χ0v) is 13.1. The van der Waals surface area contributed by atoms with Crippen molar-refractivity contribution in [2.45, 2.75) is 22.8 Å². The summed E-state index contributed by atoms with van der Waals surface area (Å²) < 4.78 is 11.4. The minimum Gasteiger partial charge on any atom is -0.420 e. The standard InChI is InChI=1S/C13H10N4O6S/c1-16-6-14-15-13(16)24-9-3-2-7(4-8(9)17(20)21)12-22-10(18)5-11(19)23-12/h2-4,6,12H,5H2,1H3. The molecule has 0 atom stereocenters. The van der Waals surface area contributed by atoms with Crippen LogP contribution in [0.4, 0.5) is 5.69 Å². The first-order chi connectivity index (χ1) is 11.4. The molecule has 0 bridgehead atoms. The van der Waals surface area contributed by atoms with E-state index in [-0.39, 0.29) is 11.3 Å². The summed E-state index contributed by atoms with van der Waals surface area (Å²) in [5.41, 5.74) is -0.0245. The number of aryl methyl sites for hydroxylation is 1. The molecule has 0 radical (unpaired) electrons. The third-order valence-electron chi connectivity index (χ3n) is 3.09. The number of nitrogens with zero attached hydrogens (tertiary/aromatic N) is 4. The Morgan fingerprint density at radius 3 is 2.62 bits per heavy atom. The van der Waals surface area contributed by atoms with Crippen molar-refractivity contribution >= 4 is 29.4 Å². The maximum absolute atomic E-state index is 11.3. The number of carbonyl (C=O) groups is 2. The molecule has 3 rings (SSSR count). The number of nitro benzene ring substituents is 1. The molecule has 0 N–H and O–H groups in total. The van der Waals surface area contributed by atoms with E-state index in [9.17, 15) is 19.7 Å². The molecule has 1 fully saturated rings. The molecule has 0 amide bonds. The molecule has 2 heterocycles. The van der Waals surface area contributed by atoms with E-state index < -0.39 is 29.6 Å². The van der Waals surface area contributed by atoms with Crippen LogP contribution in [0.5, 0.6) is 0 Å². The Balaban J connectivity index is 1.92. The molecule has 1 aromatic heterocycles. The van der Waals surface area contributed by atoms with Gasteiger partial charge < -0.3 is 14.0 Å². The third-order valence-corrected chi connectivity index (χ3v) is 4.21. The Hall–Kier alpha value is -2.95. The average molecular weight is 350 g/mol. The molecule has 1 aromatic carbocycles. The van der Waals surface area contributed by atoms with Gasteiger partial charge in [-0.25, -0.2) is 0 Å². The molecule has 1 aliphatic rings. The van der Waals surface area contributed by atoms with E-state index in [1.54, 1.807) is 11.6 Å². The number of hydrogen-bond donors (Lipinski definition) is 0. The van der Waals surface area contributed by atoms with Gasteiger partial charge in [-0.3, -0.25) is 19.7 Å². The summed E-state index contributed by atoms with van der Waals surface area (Å²) >= 11 is 1.06. The second kappa shape index (κ2) is 6.28. The maximum Gasteiger partial charge on any atom is 0.320 e. The van der Waals surface area contributed by atoms with Gasteiger partial charge in [0.15, 0.2) is 5.16 Å². The summed E-state index contributed by atoms with van der Waals surface area (Å²) in [6.45, 7) is 0. The lowest BCUT2D eigenvalue weighted by molar-refractivity contribution is -0.387. The minimum absolute atomic E-state index is 0.199. The van der Waals surface area contributed by atoms with Crippen LogP contribution in [0, 0.1) is 10.1 Å². The largest absolute Gasteiger partial charge is 0.420 e. The van der Waals surface area contributed by atoms with Crippen molar-refractivity contribution in [2.24, 2.45) is 7.05 Å². The lowest BCUT2D eigenvalue weighted by Crippen LogP contribution is -2.26. The van der Waals surface area contributed by atoms with Crippen LogP contribution in [-0.2, 0) is 26.1 Å². The second-order valence-electron chi connectivity index (χ2n) is 4.80. The molecule has 0 aliphatic carbocycles. The predicted molar refractivity (Wildman–Crippen MR) is 77.8 cm³/mol. The molecule has 11 heteroatoms. The van der Waals surface area contributed by atoms with E-state index in [1.807, 2.05) is 0 Å². The zero-order chi connectivity index (χ0) is 17.3. The quantitative estimate of drug-likeness (QED) is 0.347. The van der Waals surface area contributed by atoms with Crippen molar-refractivity contribution in [1.82, 2.24) is 14.8 Å². The summed E-state index contributed by atoms with van der Waals surface area (Å²) in [7, 11) is 1.71. The molecular weight excluding hydrogens is 340 g/mol. The van der Waals surface area contributed by atoms with E-state index in [2.05, 4.69) is 10.2 Å². The van der Waals surface area contributed by atoms with Crippen LogP contribution in [0.15, 0.2) is 34.6 Å². The fraction of sp³-hybridized carbons (Fsp3) is 0.231. The first-order valence-corrected chi connectivity index (χ1v) is 7.45. The number of carbonyl (C=O) groups excluding carboxylic acids is 2. The molecular formula is C13H10N4O6S. The van der Waals surface area contributed by atoms with E-state index in [0.717, 1.165) is 11.8 Å². The van der Waals surface area contributed by atoms with Crippen LogP contribution < -0.4 is 0 Å². The Morgan fingerprint density at radius 1 is 1.33 bits per heavy atom.